The molecule has 18 heavy (non-hydrogen) atoms. The van der Waals surface area contributed by atoms with Crippen LogP contribution in [0.2, 0.25) is 0 Å². The van der Waals surface area contributed by atoms with Crippen molar-refractivity contribution < 1.29 is 5.11 Å². The highest BCUT2D eigenvalue weighted by atomic mass is 79.9. The lowest BCUT2D eigenvalue weighted by atomic mass is 9.59. The fourth-order valence-electron chi connectivity index (χ4n) is 4.51. The molecule has 2 saturated carbocycles. The first-order valence-electron chi connectivity index (χ1n) is 6.67. The molecule has 1 N–H and O–H groups in total. The molecule has 1 heterocycles. The molecule has 3 heteroatoms. The van der Waals surface area contributed by atoms with E-state index in [2.05, 4.69) is 41.7 Å². The Hall–Kier alpha value is -0.410. The molecule has 98 valence electrons. The van der Waals surface area contributed by atoms with E-state index < -0.39 is 5.60 Å². The molecule has 1 aromatic heterocycles. The number of halogens is 1. The van der Waals surface area contributed by atoms with E-state index in [4.69, 9.17) is 0 Å². The van der Waals surface area contributed by atoms with E-state index in [1.807, 2.05) is 18.2 Å². The third-order valence-electron chi connectivity index (χ3n) is 5.65. The van der Waals surface area contributed by atoms with Crippen LogP contribution in [0.4, 0.5) is 0 Å². The SMILES string of the molecule is CC12CCC(C1)C(C)(C)C2(O)c1cccc(Br)n1. The van der Waals surface area contributed by atoms with Crippen LogP contribution in [0.25, 0.3) is 0 Å². The molecule has 2 aliphatic carbocycles. The molecule has 0 aromatic carbocycles. The second-order valence-electron chi connectivity index (χ2n) is 6.78. The summed E-state index contributed by atoms with van der Waals surface area (Å²) in [7, 11) is 0. The van der Waals surface area contributed by atoms with E-state index in [9.17, 15) is 5.11 Å². The molecule has 0 spiro atoms. The third-order valence-corrected chi connectivity index (χ3v) is 6.10. The Morgan fingerprint density at radius 2 is 2.06 bits per heavy atom. The average molecular weight is 310 g/mol. The van der Waals surface area contributed by atoms with Gasteiger partial charge in [-0.15, -0.1) is 0 Å². The number of aliphatic hydroxyl groups is 1. The lowest BCUT2D eigenvalue weighted by Crippen LogP contribution is -2.51. The standard InChI is InChI=1S/C15H20BrNO/c1-13(2)10-7-8-14(3,9-10)15(13,18)11-5-4-6-12(16)17-11/h4-6,10,18H,7-9H2,1-3H3. The highest BCUT2D eigenvalue weighted by Crippen LogP contribution is 2.71. The first-order valence-corrected chi connectivity index (χ1v) is 7.46. The summed E-state index contributed by atoms with van der Waals surface area (Å²) in [4.78, 5) is 4.55. The topological polar surface area (TPSA) is 33.1 Å². The van der Waals surface area contributed by atoms with Crippen LogP contribution in [-0.4, -0.2) is 10.1 Å². The van der Waals surface area contributed by atoms with Crippen LogP contribution in [0.15, 0.2) is 22.8 Å². The minimum Gasteiger partial charge on any atom is -0.382 e. The number of hydrogen-bond donors (Lipinski definition) is 1. The zero-order valence-electron chi connectivity index (χ0n) is 11.2. The van der Waals surface area contributed by atoms with Crippen LogP contribution in [0.1, 0.15) is 45.7 Å². The lowest BCUT2D eigenvalue weighted by Gasteiger charge is -2.50. The second-order valence-corrected chi connectivity index (χ2v) is 7.59. The van der Waals surface area contributed by atoms with Crippen molar-refractivity contribution in [1.29, 1.82) is 0 Å². The van der Waals surface area contributed by atoms with Gasteiger partial charge in [0, 0.05) is 10.8 Å². The molecule has 2 nitrogen and oxygen atoms in total. The summed E-state index contributed by atoms with van der Waals surface area (Å²) in [5.41, 5.74) is -0.123. The Morgan fingerprint density at radius 1 is 1.33 bits per heavy atom. The van der Waals surface area contributed by atoms with Gasteiger partial charge >= 0.3 is 0 Å². The van der Waals surface area contributed by atoms with E-state index in [-0.39, 0.29) is 10.8 Å². The fraction of sp³-hybridized carbons (Fsp3) is 0.667. The van der Waals surface area contributed by atoms with Crippen LogP contribution in [-0.2, 0) is 5.60 Å². The number of hydrogen-bond acceptors (Lipinski definition) is 2. The Balaban J connectivity index is 2.19. The maximum atomic E-state index is 11.5. The minimum absolute atomic E-state index is 0.0328. The Kier molecular flexibility index (Phi) is 2.50. The van der Waals surface area contributed by atoms with Crippen LogP contribution in [0.3, 0.4) is 0 Å². The van der Waals surface area contributed by atoms with Crippen LogP contribution < -0.4 is 0 Å². The molecule has 2 bridgehead atoms. The summed E-state index contributed by atoms with van der Waals surface area (Å²) in [6, 6.07) is 5.85. The summed E-state index contributed by atoms with van der Waals surface area (Å²) < 4.78 is 0.801. The molecule has 3 unspecified atom stereocenters. The van der Waals surface area contributed by atoms with Crippen LogP contribution in [0.5, 0.6) is 0 Å². The van der Waals surface area contributed by atoms with Gasteiger partial charge in [0.15, 0.2) is 0 Å². The normalized spacial score (nSPS) is 41.3. The van der Waals surface area contributed by atoms with E-state index >= 15 is 0 Å². The maximum absolute atomic E-state index is 11.5. The molecule has 0 saturated heterocycles. The molecular formula is C15H20BrNO. The summed E-state index contributed by atoms with van der Waals surface area (Å²) in [5, 5.41) is 11.5. The van der Waals surface area contributed by atoms with Crippen LogP contribution in [0, 0.1) is 16.7 Å². The fourth-order valence-corrected chi connectivity index (χ4v) is 4.85. The van der Waals surface area contributed by atoms with Crippen molar-refractivity contribution in [3.05, 3.63) is 28.5 Å². The van der Waals surface area contributed by atoms with Crippen LogP contribution >= 0.6 is 15.9 Å². The van der Waals surface area contributed by atoms with Gasteiger partial charge in [-0.05, 0) is 53.2 Å². The molecule has 2 fully saturated rings. The Bertz CT molecular complexity index is 494. The Morgan fingerprint density at radius 3 is 2.61 bits per heavy atom. The predicted octanol–water partition coefficient (Wildman–Crippen LogP) is 3.88. The first-order chi connectivity index (χ1) is 8.31. The van der Waals surface area contributed by atoms with E-state index in [0.717, 1.165) is 23.1 Å². The number of nitrogens with zero attached hydrogens (tertiary/aromatic N) is 1. The van der Waals surface area contributed by atoms with Gasteiger partial charge in [-0.3, -0.25) is 0 Å². The summed E-state index contributed by atoms with van der Waals surface area (Å²) in [6.45, 7) is 6.62. The molecule has 2 aliphatic rings. The largest absolute Gasteiger partial charge is 0.382 e. The van der Waals surface area contributed by atoms with Crippen molar-refractivity contribution in [3.63, 3.8) is 0 Å². The van der Waals surface area contributed by atoms with E-state index in [1.54, 1.807) is 0 Å². The Labute approximate surface area is 117 Å². The van der Waals surface area contributed by atoms with E-state index in [1.165, 1.54) is 6.42 Å². The van der Waals surface area contributed by atoms with Crippen molar-refractivity contribution in [3.8, 4) is 0 Å². The number of rotatable bonds is 1. The number of fused-ring (bicyclic) bond motifs is 2. The van der Waals surface area contributed by atoms with Gasteiger partial charge in [0.25, 0.3) is 0 Å². The summed E-state index contributed by atoms with van der Waals surface area (Å²) >= 11 is 3.42. The van der Waals surface area contributed by atoms with Crippen molar-refractivity contribution in [2.45, 2.75) is 45.6 Å². The predicted molar refractivity (Wildman–Crippen MR) is 75.1 cm³/mol. The highest BCUT2D eigenvalue weighted by Gasteiger charge is 2.69. The molecule has 3 atom stereocenters. The quantitative estimate of drug-likeness (QED) is 0.799. The van der Waals surface area contributed by atoms with Crippen molar-refractivity contribution in [2.24, 2.45) is 16.7 Å². The van der Waals surface area contributed by atoms with Crippen molar-refractivity contribution in [1.82, 2.24) is 4.98 Å². The van der Waals surface area contributed by atoms with Gasteiger partial charge in [-0.25, -0.2) is 4.98 Å². The van der Waals surface area contributed by atoms with Crippen molar-refractivity contribution >= 4 is 15.9 Å². The van der Waals surface area contributed by atoms with Gasteiger partial charge < -0.3 is 5.11 Å². The van der Waals surface area contributed by atoms with Gasteiger partial charge in [-0.1, -0.05) is 26.8 Å². The monoisotopic (exact) mass is 309 g/mol. The summed E-state index contributed by atoms with van der Waals surface area (Å²) in [5.74, 6) is 0.605. The zero-order valence-corrected chi connectivity index (χ0v) is 12.8. The zero-order chi connectivity index (χ0) is 13.2. The minimum atomic E-state index is -0.813. The highest BCUT2D eigenvalue weighted by molar-refractivity contribution is 9.10. The third kappa shape index (κ3) is 1.30. The molecule has 1 aromatic rings. The first kappa shape index (κ1) is 12.6. The molecule has 0 aliphatic heterocycles. The number of pyridine rings is 1. The smallest absolute Gasteiger partial charge is 0.117 e. The van der Waals surface area contributed by atoms with Gasteiger partial charge in [0.1, 0.15) is 10.2 Å². The molecule has 3 rings (SSSR count). The number of aromatic nitrogens is 1. The van der Waals surface area contributed by atoms with E-state index in [0.29, 0.717) is 5.92 Å². The molecular weight excluding hydrogens is 290 g/mol. The van der Waals surface area contributed by atoms with Crippen molar-refractivity contribution in [2.75, 3.05) is 0 Å². The maximum Gasteiger partial charge on any atom is 0.117 e. The second kappa shape index (κ2) is 3.57. The molecule has 0 radical (unpaired) electrons. The summed E-state index contributed by atoms with van der Waals surface area (Å²) in [6.07, 6.45) is 3.45. The average Bonchev–Trinajstić information content (AvgIpc) is 2.77. The van der Waals surface area contributed by atoms with Gasteiger partial charge in [0.05, 0.1) is 5.69 Å². The lowest BCUT2D eigenvalue weighted by molar-refractivity contribution is -0.153. The van der Waals surface area contributed by atoms with Gasteiger partial charge in [0.2, 0.25) is 0 Å². The molecule has 0 amide bonds. The van der Waals surface area contributed by atoms with Gasteiger partial charge in [-0.2, -0.15) is 0 Å².